The van der Waals surface area contributed by atoms with Gasteiger partial charge in [-0.25, -0.2) is 9.78 Å². The number of nitrogens with one attached hydrogen (secondary N) is 1. The highest BCUT2D eigenvalue weighted by molar-refractivity contribution is 6.30. The van der Waals surface area contributed by atoms with Gasteiger partial charge in [0.1, 0.15) is 5.82 Å². The molecule has 1 unspecified atom stereocenters. The van der Waals surface area contributed by atoms with Crippen molar-refractivity contribution >= 4 is 23.4 Å². The van der Waals surface area contributed by atoms with Crippen molar-refractivity contribution in [2.45, 2.75) is 13.0 Å². The lowest BCUT2D eigenvalue weighted by molar-refractivity contribution is 0.0526. The summed E-state index contributed by atoms with van der Waals surface area (Å²) in [5.41, 5.74) is 2.22. The molecule has 2 aromatic heterocycles. The van der Waals surface area contributed by atoms with E-state index in [9.17, 15) is 4.79 Å². The molecule has 0 saturated heterocycles. The van der Waals surface area contributed by atoms with Crippen LogP contribution in [-0.4, -0.2) is 22.5 Å². The molecule has 0 amide bonds. The van der Waals surface area contributed by atoms with Crippen molar-refractivity contribution in [2.75, 3.05) is 11.9 Å². The van der Waals surface area contributed by atoms with Crippen molar-refractivity contribution in [3.8, 4) is 0 Å². The summed E-state index contributed by atoms with van der Waals surface area (Å²) in [5.74, 6) is 0.233. The van der Waals surface area contributed by atoms with Crippen LogP contribution < -0.4 is 5.32 Å². The minimum atomic E-state index is -0.386. The van der Waals surface area contributed by atoms with Gasteiger partial charge in [0.15, 0.2) is 0 Å². The fourth-order valence-corrected chi connectivity index (χ4v) is 2.72. The van der Waals surface area contributed by atoms with Gasteiger partial charge in [0.25, 0.3) is 0 Å². The molecule has 5 nitrogen and oxygen atoms in total. The number of pyridine rings is 2. The average molecular weight is 368 g/mol. The van der Waals surface area contributed by atoms with Crippen LogP contribution in [0.4, 0.5) is 5.82 Å². The molecule has 2 heterocycles. The first-order chi connectivity index (χ1) is 12.7. The maximum atomic E-state index is 11.8. The highest BCUT2D eigenvalue weighted by Crippen LogP contribution is 2.26. The molecule has 0 bridgehead atoms. The number of rotatable bonds is 6. The minimum absolute atomic E-state index is 0.226. The Balaban J connectivity index is 1.88. The lowest BCUT2D eigenvalue weighted by atomic mass is 10.0. The van der Waals surface area contributed by atoms with E-state index in [-0.39, 0.29) is 12.0 Å². The number of hydrogen-bond donors (Lipinski definition) is 1. The van der Waals surface area contributed by atoms with Gasteiger partial charge in [-0.2, -0.15) is 0 Å². The topological polar surface area (TPSA) is 64.1 Å². The van der Waals surface area contributed by atoms with Crippen molar-refractivity contribution in [3.63, 3.8) is 0 Å². The SMILES string of the molecule is CCOC(=O)c1ccc(NC(c2cccc(Cl)c2)c2ccccn2)nc1. The van der Waals surface area contributed by atoms with E-state index in [1.165, 1.54) is 6.20 Å². The zero-order valence-electron chi connectivity index (χ0n) is 14.2. The second-order valence-corrected chi connectivity index (χ2v) is 5.98. The van der Waals surface area contributed by atoms with Gasteiger partial charge >= 0.3 is 5.97 Å². The summed E-state index contributed by atoms with van der Waals surface area (Å²) in [6, 6.07) is 16.5. The van der Waals surface area contributed by atoms with Crippen LogP contribution in [0.25, 0.3) is 0 Å². The zero-order valence-corrected chi connectivity index (χ0v) is 15.0. The van der Waals surface area contributed by atoms with Gasteiger partial charge in [-0.1, -0.05) is 29.8 Å². The summed E-state index contributed by atoms with van der Waals surface area (Å²) in [7, 11) is 0. The van der Waals surface area contributed by atoms with Crippen molar-refractivity contribution in [3.05, 3.63) is 88.8 Å². The van der Waals surface area contributed by atoms with Gasteiger partial charge in [0.05, 0.1) is 23.9 Å². The second kappa shape index (κ2) is 8.45. The number of anilines is 1. The molecule has 0 radical (unpaired) electrons. The van der Waals surface area contributed by atoms with Crippen molar-refractivity contribution in [1.82, 2.24) is 9.97 Å². The Morgan fingerprint density at radius 3 is 2.69 bits per heavy atom. The molecule has 132 valence electrons. The molecule has 0 aliphatic carbocycles. The number of benzene rings is 1. The monoisotopic (exact) mass is 367 g/mol. The number of carbonyl (C=O) groups is 1. The van der Waals surface area contributed by atoms with E-state index in [1.807, 2.05) is 42.5 Å². The van der Waals surface area contributed by atoms with Crippen LogP contribution in [-0.2, 0) is 4.74 Å². The molecule has 6 heteroatoms. The highest BCUT2D eigenvalue weighted by atomic mass is 35.5. The Morgan fingerprint density at radius 2 is 2.04 bits per heavy atom. The molecule has 0 saturated carbocycles. The number of halogens is 1. The fraction of sp³-hybridized carbons (Fsp3) is 0.150. The Kier molecular flexibility index (Phi) is 5.81. The molecule has 1 atom stereocenters. The Labute approximate surface area is 157 Å². The van der Waals surface area contributed by atoms with Crippen LogP contribution in [0, 0.1) is 0 Å². The molecule has 3 aromatic rings. The normalized spacial score (nSPS) is 11.6. The Morgan fingerprint density at radius 1 is 1.15 bits per heavy atom. The maximum absolute atomic E-state index is 11.8. The smallest absolute Gasteiger partial charge is 0.339 e. The van der Waals surface area contributed by atoms with E-state index in [2.05, 4.69) is 15.3 Å². The number of aromatic nitrogens is 2. The first-order valence-electron chi connectivity index (χ1n) is 8.23. The standard InChI is InChI=1S/C20H18ClN3O2/c1-2-26-20(25)15-9-10-18(23-13-15)24-19(17-8-3-4-11-22-17)14-6-5-7-16(21)12-14/h3-13,19H,2H2,1H3,(H,23,24). The predicted molar refractivity (Wildman–Crippen MR) is 101 cm³/mol. The fourth-order valence-electron chi connectivity index (χ4n) is 2.52. The zero-order chi connectivity index (χ0) is 18.4. The number of esters is 1. The second-order valence-electron chi connectivity index (χ2n) is 5.54. The Hall–Kier alpha value is -2.92. The van der Waals surface area contributed by atoms with Crippen LogP contribution >= 0.6 is 11.6 Å². The molecular weight excluding hydrogens is 350 g/mol. The van der Waals surface area contributed by atoms with Crippen LogP contribution in [0.3, 0.4) is 0 Å². The molecular formula is C20H18ClN3O2. The van der Waals surface area contributed by atoms with E-state index in [1.54, 1.807) is 25.3 Å². The van der Waals surface area contributed by atoms with Crippen molar-refractivity contribution in [2.24, 2.45) is 0 Å². The number of ether oxygens (including phenoxy) is 1. The molecule has 0 aliphatic rings. The van der Waals surface area contributed by atoms with Crippen LogP contribution in [0.5, 0.6) is 0 Å². The lowest BCUT2D eigenvalue weighted by Crippen LogP contribution is -2.15. The molecule has 26 heavy (non-hydrogen) atoms. The summed E-state index contributed by atoms with van der Waals surface area (Å²) < 4.78 is 4.98. The van der Waals surface area contributed by atoms with E-state index >= 15 is 0 Å². The molecule has 1 N–H and O–H groups in total. The van der Waals surface area contributed by atoms with Crippen LogP contribution in [0.2, 0.25) is 5.02 Å². The maximum Gasteiger partial charge on any atom is 0.339 e. The molecule has 0 aliphatic heterocycles. The quantitative estimate of drug-likeness (QED) is 0.649. The van der Waals surface area contributed by atoms with Gasteiger partial charge in [0, 0.05) is 17.4 Å². The number of nitrogens with zero attached hydrogens (tertiary/aromatic N) is 2. The number of carbonyl (C=O) groups excluding carboxylic acids is 1. The Bertz CT molecular complexity index is 870. The summed E-state index contributed by atoms with van der Waals surface area (Å²) in [5, 5.41) is 4.00. The third-order valence-corrected chi connectivity index (χ3v) is 3.97. The summed E-state index contributed by atoms with van der Waals surface area (Å²) >= 11 is 6.15. The van der Waals surface area contributed by atoms with Crippen LogP contribution in [0.15, 0.2) is 67.0 Å². The molecule has 1 aromatic carbocycles. The molecule has 0 spiro atoms. The predicted octanol–water partition coefficient (Wildman–Crippen LogP) is 4.51. The van der Waals surface area contributed by atoms with E-state index < -0.39 is 0 Å². The largest absolute Gasteiger partial charge is 0.462 e. The summed E-state index contributed by atoms with van der Waals surface area (Å²) in [4.78, 5) is 20.5. The van der Waals surface area contributed by atoms with E-state index in [4.69, 9.17) is 16.3 Å². The summed E-state index contributed by atoms with van der Waals surface area (Å²) in [6.45, 7) is 2.10. The van der Waals surface area contributed by atoms with E-state index in [0.29, 0.717) is 23.0 Å². The number of hydrogen-bond acceptors (Lipinski definition) is 5. The van der Waals surface area contributed by atoms with Crippen molar-refractivity contribution in [1.29, 1.82) is 0 Å². The lowest BCUT2D eigenvalue weighted by Gasteiger charge is -2.19. The van der Waals surface area contributed by atoms with E-state index in [0.717, 1.165) is 11.3 Å². The third kappa shape index (κ3) is 4.37. The molecule has 0 fully saturated rings. The van der Waals surface area contributed by atoms with Crippen LogP contribution in [0.1, 0.15) is 34.6 Å². The molecule has 3 rings (SSSR count). The van der Waals surface area contributed by atoms with Gasteiger partial charge in [0.2, 0.25) is 0 Å². The van der Waals surface area contributed by atoms with Gasteiger partial charge < -0.3 is 10.1 Å². The van der Waals surface area contributed by atoms with Gasteiger partial charge in [-0.05, 0) is 48.9 Å². The minimum Gasteiger partial charge on any atom is -0.462 e. The van der Waals surface area contributed by atoms with Gasteiger partial charge in [-0.3, -0.25) is 4.98 Å². The first-order valence-corrected chi connectivity index (χ1v) is 8.61. The first kappa shape index (κ1) is 17.9. The average Bonchev–Trinajstić information content (AvgIpc) is 2.67. The van der Waals surface area contributed by atoms with Crippen molar-refractivity contribution < 1.29 is 9.53 Å². The highest BCUT2D eigenvalue weighted by Gasteiger charge is 2.16. The van der Waals surface area contributed by atoms with Gasteiger partial charge in [-0.15, -0.1) is 0 Å². The third-order valence-electron chi connectivity index (χ3n) is 3.73. The summed E-state index contributed by atoms with van der Waals surface area (Å²) in [6.07, 6.45) is 3.24.